The Hall–Kier alpha value is -2.32. The number of nitrogens with zero attached hydrogens (tertiary/aromatic N) is 2. The number of carbonyl (C=O) groups is 2. The maximum absolute atomic E-state index is 12.0. The lowest BCUT2D eigenvalue weighted by molar-refractivity contribution is -0.116. The maximum atomic E-state index is 12.0. The van der Waals surface area contributed by atoms with Crippen molar-refractivity contribution in [1.82, 2.24) is 9.97 Å². The van der Waals surface area contributed by atoms with E-state index in [4.69, 9.17) is 4.74 Å². The number of rotatable bonds is 7. The van der Waals surface area contributed by atoms with Gasteiger partial charge in [0.2, 0.25) is 5.91 Å². The second-order valence-electron chi connectivity index (χ2n) is 5.24. The van der Waals surface area contributed by atoms with Gasteiger partial charge in [-0.1, -0.05) is 12.1 Å². The summed E-state index contributed by atoms with van der Waals surface area (Å²) >= 11 is 2.87. The number of hydrogen-bond donors (Lipinski definition) is 1. The highest BCUT2D eigenvalue weighted by Crippen LogP contribution is 2.23. The van der Waals surface area contributed by atoms with Crippen molar-refractivity contribution in [2.24, 2.45) is 0 Å². The highest BCUT2D eigenvalue weighted by atomic mass is 32.1. The SMILES string of the molecule is CCOC(=O)c1csc(NC(=O)CCCc2nc3ccccc3s2)n1. The molecule has 0 aliphatic carbocycles. The topological polar surface area (TPSA) is 81.2 Å². The second-order valence-corrected chi connectivity index (χ2v) is 7.21. The smallest absolute Gasteiger partial charge is 0.357 e. The maximum Gasteiger partial charge on any atom is 0.357 e. The number of amides is 1. The molecule has 0 fully saturated rings. The molecule has 0 saturated heterocycles. The number of esters is 1. The molecule has 1 N–H and O–H groups in total. The lowest BCUT2D eigenvalue weighted by atomic mass is 10.2. The van der Waals surface area contributed by atoms with Crippen molar-refractivity contribution in [2.75, 3.05) is 11.9 Å². The second kappa shape index (κ2) is 8.17. The van der Waals surface area contributed by atoms with Gasteiger partial charge in [0.25, 0.3) is 0 Å². The van der Waals surface area contributed by atoms with Gasteiger partial charge in [0.05, 0.1) is 21.8 Å². The van der Waals surface area contributed by atoms with Gasteiger partial charge in [-0.15, -0.1) is 22.7 Å². The number of nitrogens with one attached hydrogen (secondary N) is 1. The molecular formula is C17H17N3O3S2. The van der Waals surface area contributed by atoms with Gasteiger partial charge in [0.1, 0.15) is 0 Å². The molecule has 0 aliphatic heterocycles. The molecule has 0 atom stereocenters. The van der Waals surface area contributed by atoms with Crippen molar-refractivity contribution in [2.45, 2.75) is 26.2 Å². The van der Waals surface area contributed by atoms with Crippen LogP contribution in [0.5, 0.6) is 0 Å². The van der Waals surface area contributed by atoms with Crippen molar-refractivity contribution in [3.8, 4) is 0 Å². The molecule has 0 saturated carbocycles. The van der Waals surface area contributed by atoms with Crippen LogP contribution in [0.4, 0.5) is 5.13 Å². The molecule has 1 aromatic carbocycles. The molecule has 0 unspecified atom stereocenters. The predicted molar refractivity (Wildman–Crippen MR) is 99.3 cm³/mol. The number of para-hydroxylation sites is 1. The minimum atomic E-state index is -0.477. The van der Waals surface area contributed by atoms with E-state index in [2.05, 4.69) is 15.3 Å². The zero-order chi connectivity index (χ0) is 17.6. The van der Waals surface area contributed by atoms with E-state index in [1.807, 2.05) is 24.3 Å². The Morgan fingerprint density at radius 3 is 2.88 bits per heavy atom. The van der Waals surface area contributed by atoms with Crippen LogP contribution < -0.4 is 5.32 Å². The molecule has 1 amide bonds. The van der Waals surface area contributed by atoms with Crippen molar-refractivity contribution >= 4 is 49.9 Å². The van der Waals surface area contributed by atoms with Crippen LogP contribution in [0.2, 0.25) is 0 Å². The minimum absolute atomic E-state index is 0.120. The first-order valence-corrected chi connectivity index (χ1v) is 9.62. The van der Waals surface area contributed by atoms with Crippen molar-refractivity contribution < 1.29 is 14.3 Å². The Kier molecular flexibility index (Phi) is 5.72. The van der Waals surface area contributed by atoms with E-state index in [1.54, 1.807) is 23.6 Å². The van der Waals surface area contributed by atoms with Crippen LogP contribution in [0.25, 0.3) is 10.2 Å². The van der Waals surface area contributed by atoms with E-state index in [-0.39, 0.29) is 11.6 Å². The summed E-state index contributed by atoms with van der Waals surface area (Å²) in [6, 6.07) is 8.01. The highest BCUT2D eigenvalue weighted by molar-refractivity contribution is 7.18. The van der Waals surface area contributed by atoms with E-state index in [0.29, 0.717) is 24.6 Å². The molecule has 3 aromatic rings. The fourth-order valence-corrected chi connectivity index (χ4v) is 3.94. The van der Waals surface area contributed by atoms with E-state index < -0.39 is 5.97 Å². The Balaban J connectivity index is 1.47. The zero-order valence-corrected chi connectivity index (χ0v) is 15.3. The number of carbonyl (C=O) groups excluding carboxylic acids is 2. The molecule has 6 nitrogen and oxygen atoms in total. The Labute approximate surface area is 152 Å². The fraction of sp³-hybridized carbons (Fsp3) is 0.294. The van der Waals surface area contributed by atoms with Gasteiger partial charge in [-0.3, -0.25) is 4.79 Å². The number of benzene rings is 1. The normalized spacial score (nSPS) is 10.8. The lowest BCUT2D eigenvalue weighted by Crippen LogP contribution is -2.12. The molecular weight excluding hydrogens is 358 g/mol. The number of thiazole rings is 2. The fourth-order valence-electron chi connectivity index (χ4n) is 2.24. The summed E-state index contributed by atoms with van der Waals surface area (Å²) in [6.07, 6.45) is 1.85. The van der Waals surface area contributed by atoms with Gasteiger partial charge < -0.3 is 10.1 Å². The summed E-state index contributed by atoms with van der Waals surface area (Å²) in [5.74, 6) is -0.596. The average Bonchev–Trinajstić information content (AvgIpc) is 3.21. The van der Waals surface area contributed by atoms with Gasteiger partial charge in [-0.05, 0) is 31.9 Å². The molecule has 8 heteroatoms. The van der Waals surface area contributed by atoms with Gasteiger partial charge in [0, 0.05) is 11.8 Å². The molecule has 25 heavy (non-hydrogen) atoms. The van der Waals surface area contributed by atoms with Crippen LogP contribution in [0.1, 0.15) is 35.3 Å². The molecule has 2 aromatic heterocycles. The molecule has 2 heterocycles. The first-order valence-electron chi connectivity index (χ1n) is 7.92. The van der Waals surface area contributed by atoms with Crippen molar-refractivity contribution in [1.29, 1.82) is 0 Å². The van der Waals surface area contributed by atoms with Gasteiger partial charge in [-0.2, -0.15) is 0 Å². The van der Waals surface area contributed by atoms with Crippen LogP contribution in [0, 0.1) is 0 Å². The van der Waals surface area contributed by atoms with Crippen LogP contribution in [-0.2, 0) is 16.0 Å². The lowest BCUT2D eigenvalue weighted by Gasteiger charge is -2.00. The summed E-state index contributed by atoms with van der Waals surface area (Å²) in [7, 11) is 0. The quantitative estimate of drug-likeness (QED) is 0.634. The van der Waals surface area contributed by atoms with E-state index in [1.165, 1.54) is 11.3 Å². The first-order chi connectivity index (χ1) is 12.2. The number of hydrogen-bond acceptors (Lipinski definition) is 7. The Morgan fingerprint density at radius 2 is 2.08 bits per heavy atom. The zero-order valence-electron chi connectivity index (χ0n) is 13.7. The third-order valence-electron chi connectivity index (χ3n) is 3.37. The standard InChI is InChI=1S/C17H17N3O3S2/c1-2-23-16(22)12-10-24-17(19-12)20-14(21)8-5-9-15-18-11-6-3-4-7-13(11)25-15/h3-4,6-7,10H,2,5,8-9H2,1H3,(H,19,20,21). The van der Waals surface area contributed by atoms with Crippen LogP contribution >= 0.6 is 22.7 Å². The van der Waals surface area contributed by atoms with Gasteiger partial charge in [-0.25, -0.2) is 14.8 Å². The minimum Gasteiger partial charge on any atom is -0.461 e. The van der Waals surface area contributed by atoms with Crippen molar-refractivity contribution in [3.63, 3.8) is 0 Å². The molecule has 0 aliphatic rings. The number of ether oxygens (including phenoxy) is 1. The third kappa shape index (κ3) is 4.61. The van der Waals surface area contributed by atoms with E-state index in [0.717, 1.165) is 21.6 Å². The summed E-state index contributed by atoms with van der Waals surface area (Å²) in [6.45, 7) is 2.03. The predicted octanol–water partition coefficient (Wildman–Crippen LogP) is 3.89. The Bertz CT molecular complexity index is 855. The highest BCUT2D eigenvalue weighted by Gasteiger charge is 2.13. The number of aromatic nitrogens is 2. The largest absolute Gasteiger partial charge is 0.461 e. The summed E-state index contributed by atoms with van der Waals surface area (Å²) in [5, 5.41) is 5.74. The van der Waals surface area contributed by atoms with Gasteiger partial charge in [0.15, 0.2) is 10.8 Å². The number of anilines is 1. The van der Waals surface area contributed by atoms with Crippen LogP contribution in [0.15, 0.2) is 29.6 Å². The van der Waals surface area contributed by atoms with Gasteiger partial charge >= 0.3 is 5.97 Å². The first kappa shape index (κ1) is 17.5. The summed E-state index contributed by atoms with van der Waals surface area (Å²) < 4.78 is 6.03. The number of aryl methyl sites for hydroxylation is 1. The van der Waals surface area contributed by atoms with Crippen LogP contribution in [-0.4, -0.2) is 28.5 Å². The van der Waals surface area contributed by atoms with E-state index >= 15 is 0 Å². The third-order valence-corrected chi connectivity index (χ3v) is 5.22. The summed E-state index contributed by atoms with van der Waals surface area (Å²) in [4.78, 5) is 32.2. The average molecular weight is 375 g/mol. The molecule has 3 rings (SSSR count). The Morgan fingerprint density at radius 1 is 1.24 bits per heavy atom. The molecule has 130 valence electrons. The van der Waals surface area contributed by atoms with Crippen LogP contribution in [0.3, 0.4) is 0 Å². The monoisotopic (exact) mass is 375 g/mol. The molecule has 0 spiro atoms. The molecule has 0 radical (unpaired) electrons. The molecule has 0 bridgehead atoms. The van der Waals surface area contributed by atoms with E-state index in [9.17, 15) is 9.59 Å². The van der Waals surface area contributed by atoms with Crippen molar-refractivity contribution in [3.05, 3.63) is 40.3 Å². The summed E-state index contributed by atoms with van der Waals surface area (Å²) in [5.41, 5.74) is 1.22. The number of fused-ring (bicyclic) bond motifs is 1.